The van der Waals surface area contributed by atoms with Crippen molar-refractivity contribution in [3.8, 4) is 0 Å². The van der Waals surface area contributed by atoms with Crippen LogP contribution in [0.5, 0.6) is 0 Å². The van der Waals surface area contributed by atoms with Crippen LogP contribution in [0.25, 0.3) is 0 Å². The minimum atomic E-state index is -0.00835. The molecule has 0 N–H and O–H groups in total. The molecule has 1 heterocycles. The van der Waals surface area contributed by atoms with Crippen molar-refractivity contribution in [1.29, 1.82) is 0 Å². The fourth-order valence-corrected chi connectivity index (χ4v) is 4.82. The van der Waals surface area contributed by atoms with Gasteiger partial charge in [-0.15, -0.1) is 22.0 Å². The molecule has 7 heteroatoms. The van der Waals surface area contributed by atoms with Crippen LogP contribution in [0.4, 0.5) is 11.4 Å². The number of carbonyl (C=O) groups excluding carboxylic acids is 1. The topological polar surface area (TPSA) is 51.0 Å². The summed E-state index contributed by atoms with van der Waals surface area (Å²) in [6.45, 7) is 2.08. The molecule has 162 valence electrons. The van der Waals surface area contributed by atoms with Gasteiger partial charge in [-0.3, -0.25) is 9.69 Å². The molecule has 0 aliphatic carbocycles. The Bertz CT molecular complexity index is 1120. The summed E-state index contributed by atoms with van der Waals surface area (Å²) in [5, 5.41) is 9.38. The zero-order valence-corrected chi connectivity index (χ0v) is 19.6. The van der Waals surface area contributed by atoms with Crippen molar-refractivity contribution in [2.75, 3.05) is 10.7 Å². The largest absolute Gasteiger partial charge is 0.308 e. The summed E-state index contributed by atoms with van der Waals surface area (Å²) >= 11 is 3.13. The molecule has 0 aliphatic heterocycles. The van der Waals surface area contributed by atoms with Crippen LogP contribution >= 0.6 is 23.5 Å². The number of thioether (sulfide) groups is 2. The van der Waals surface area contributed by atoms with Gasteiger partial charge in [-0.2, -0.15) is 0 Å². The Kier molecular flexibility index (Phi) is 7.29. The van der Waals surface area contributed by atoms with Crippen molar-refractivity contribution >= 4 is 40.8 Å². The molecule has 0 spiro atoms. The molecule has 5 nitrogen and oxygen atoms in total. The first kappa shape index (κ1) is 22.2. The Morgan fingerprint density at radius 1 is 0.844 bits per heavy atom. The van der Waals surface area contributed by atoms with Crippen molar-refractivity contribution in [1.82, 2.24) is 14.8 Å². The van der Waals surface area contributed by atoms with Gasteiger partial charge < -0.3 is 4.57 Å². The highest BCUT2D eigenvalue weighted by atomic mass is 32.2. The lowest BCUT2D eigenvalue weighted by atomic mass is 10.2. The van der Waals surface area contributed by atoms with E-state index in [4.69, 9.17) is 0 Å². The van der Waals surface area contributed by atoms with Crippen LogP contribution in [0.3, 0.4) is 0 Å². The number of hydrogen-bond donors (Lipinski definition) is 0. The van der Waals surface area contributed by atoms with Crippen molar-refractivity contribution in [3.63, 3.8) is 0 Å². The fourth-order valence-electron chi connectivity index (χ4n) is 3.16. The predicted molar refractivity (Wildman–Crippen MR) is 132 cm³/mol. The number of anilines is 2. The van der Waals surface area contributed by atoms with Crippen LogP contribution in [-0.2, 0) is 17.6 Å². The number of benzene rings is 3. The Labute approximate surface area is 196 Å². The highest BCUT2D eigenvalue weighted by molar-refractivity contribution is 7.99. The number of para-hydroxylation sites is 2. The third-order valence-corrected chi connectivity index (χ3v) is 6.93. The van der Waals surface area contributed by atoms with E-state index in [1.807, 2.05) is 72.3 Å². The van der Waals surface area contributed by atoms with E-state index in [9.17, 15) is 4.79 Å². The maximum absolute atomic E-state index is 13.2. The second kappa shape index (κ2) is 10.5. The zero-order chi connectivity index (χ0) is 22.3. The molecule has 1 aromatic heterocycles. The third kappa shape index (κ3) is 5.41. The van der Waals surface area contributed by atoms with Crippen LogP contribution in [0.15, 0.2) is 95.0 Å². The van der Waals surface area contributed by atoms with Crippen LogP contribution < -0.4 is 4.90 Å². The van der Waals surface area contributed by atoms with E-state index >= 15 is 0 Å². The molecule has 4 aromatic rings. The number of aromatic nitrogens is 3. The Balaban J connectivity index is 1.43. The van der Waals surface area contributed by atoms with Crippen LogP contribution in [-0.4, -0.2) is 26.4 Å². The minimum Gasteiger partial charge on any atom is -0.308 e. The van der Waals surface area contributed by atoms with Gasteiger partial charge in [0.1, 0.15) is 5.82 Å². The molecule has 0 unspecified atom stereocenters. The van der Waals surface area contributed by atoms with Crippen molar-refractivity contribution in [3.05, 3.63) is 96.3 Å². The molecule has 0 fully saturated rings. The highest BCUT2D eigenvalue weighted by Gasteiger charge is 2.19. The van der Waals surface area contributed by atoms with Gasteiger partial charge in [-0.25, -0.2) is 0 Å². The SMILES string of the molecule is Cc1ccc(SCc2nnc(SCC(=O)N(c3ccccc3)c3ccccc3)n2C)cc1. The molecule has 4 rings (SSSR count). The molecule has 1 amide bonds. The number of amides is 1. The van der Waals surface area contributed by atoms with Gasteiger partial charge >= 0.3 is 0 Å². The van der Waals surface area contributed by atoms with E-state index in [-0.39, 0.29) is 11.7 Å². The van der Waals surface area contributed by atoms with Gasteiger partial charge in [0, 0.05) is 23.3 Å². The first-order chi connectivity index (χ1) is 15.6. The molecular formula is C25H24N4OS2. The minimum absolute atomic E-state index is 0.00835. The standard InChI is InChI=1S/C25H24N4OS2/c1-19-13-15-22(16-14-19)31-17-23-26-27-25(28(23)2)32-18-24(30)29(20-9-5-3-6-10-20)21-11-7-4-8-12-21/h3-16H,17-18H2,1-2H3. The number of carbonyl (C=O) groups is 1. The fraction of sp³-hybridized carbons (Fsp3) is 0.160. The van der Waals surface area contributed by atoms with E-state index in [0.29, 0.717) is 0 Å². The van der Waals surface area contributed by atoms with Gasteiger partial charge in [-0.1, -0.05) is 65.9 Å². The first-order valence-corrected chi connectivity index (χ1v) is 12.2. The summed E-state index contributed by atoms with van der Waals surface area (Å²) in [6.07, 6.45) is 0. The predicted octanol–water partition coefficient (Wildman–Crippen LogP) is 5.87. The van der Waals surface area contributed by atoms with Crippen molar-refractivity contribution in [2.24, 2.45) is 7.05 Å². The Morgan fingerprint density at radius 3 is 2.03 bits per heavy atom. The van der Waals surface area contributed by atoms with Crippen LogP contribution in [0, 0.1) is 6.92 Å². The second-order valence-corrected chi connectivity index (χ2v) is 9.24. The summed E-state index contributed by atoms with van der Waals surface area (Å²) in [6, 6.07) is 27.9. The molecule has 0 atom stereocenters. The van der Waals surface area contributed by atoms with Crippen LogP contribution in [0.2, 0.25) is 0 Å². The van der Waals surface area contributed by atoms with Gasteiger partial charge in [0.25, 0.3) is 0 Å². The summed E-state index contributed by atoms with van der Waals surface area (Å²) in [7, 11) is 1.95. The number of rotatable bonds is 8. The maximum Gasteiger partial charge on any atom is 0.242 e. The molecule has 0 saturated carbocycles. The number of aryl methyl sites for hydroxylation is 1. The third-order valence-electron chi connectivity index (χ3n) is 4.92. The smallest absolute Gasteiger partial charge is 0.242 e. The number of hydrogen-bond acceptors (Lipinski definition) is 5. The van der Waals surface area contributed by atoms with Crippen molar-refractivity contribution in [2.45, 2.75) is 22.7 Å². The number of nitrogens with zero attached hydrogens (tertiary/aromatic N) is 4. The Morgan fingerprint density at radius 2 is 1.44 bits per heavy atom. The monoisotopic (exact) mass is 460 g/mol. The molecular weight excluding hydrogens is 436 g/mol. The second-order valence-electron chi connectivity index (χ2n) is 7.25. The van der Waals surface area contributed by atoms with Gasteiger partial charge in [0.2, 0.25) is 5.91 Å². The first-order valence-electron chi connectivity index (χ1n) is 10.3. The molecule has 32 heavy (non-hydrogen) atoms. The summed E-state index contributed by atoms with van der Waals surface area (Å²) in [5.41, 5.74) is 2.94. The van der Waals surface area contributed by atoms with Gasteiger partial charge in [0.05, 0.1) is 11.5 Å². The lowest BCUT2D eigenvalue weighted by Gasteiger charge is -2.22. The zero-order valence-electron chi connectivity index (χ0n) is 18.0. The molecule has 0 saturated heterocycles. The van der Waals surface area contributed by atoms with Crippen LogP contribution in [0.1, 0.15) is 11.4 Å². The lowest BCUT2D eigenvalue weighted by molar-refractivity contribution is -0.115. The molecule has 0 radical (unpaired) electrons. The normalized spacial score (nSPS) is 10.8. The summed E-state index contributed by atoms with van der Waals surface area (Å²) in [4.78, 5) is 16.2. The Hall–Kier alpha value is -3.03. The van der Waals surface area contributed by atoms with E-state index in [2.05, 4.69) is 41.4 Å². The summed E-state index contributed by atoms with van der Waals surface area (Å²) in [5.74, 6) is 1.86. The quantitative estimate of drug-likeness (QED) is 0.308. The van der Waals surface area contributed by atoms with Gasteiger partial charge in [0.15, 0.2) is 5.16 Å². The molecule has 0 aliphatic rings. The maximum atomic E-state index is 13.2. The van der Waals surface area contributed by atoms with E-state index in [1.165, 1.54) is 22.2 Å². The van der Waals surface area contributed by atoms with Crippen molar-refractivity contribution < 1.29 is 4.79 Å². The lowest BCUT2D eigenvalue weighted by Crippen LogP contribution is -2.27. The highest BCUT2D eigenvalue weighted by Crippen LogP contribution is 2.28. The average molecular weight is 461 g/mol. The van der Waals surface area contributed by atoms with E-state index < -0.39 is 0 Å². The summed E-state index contributed by atoms with van der Waals surface area (Å²) < 4.78 is 1.97. The molecule has 0 bridgehead atoms. The van der Waals surface area contributed by atoms with E-state index in [0.717, 1.165) is 28.1 Å². The van der Waals surface area contributed by atoms with Gasteiger partial charge in [-0.05, 0) is 43.3 Å². The molecule has 3 aromatic carbocycles. The average Bonchev–Trinajstić information content (AvgIpc) is 3.18. The van der Waals surface area contributed by atoms with E-state index in [1.54, 1.807) is 16.7 Å².